The molecule has 0 aliphatic heterocycles. The lowest BCUT2D eigenvalue weighted by atomic mass is 10.1. The summed E-state index contributed by atoms with van der Waals surface area (Å²) in [6.07, 6.45) is 0. The van der Waals surface area contributed by atoms with Crippen molar-refractivity contribution in [2.75, 3.05) is 6.54 Å². The molecule has 0 aliphatic rings. The first-order chi connectivity index (χ1) is 7.27. The number of aliphatic hydroxyl groups is 1. The smallest absolute Gasteiger partial charge is 0.129 e. The average molecular weight is 205 g/mol. The molecule has 0 atom stereocenters. The van der Waals surface area contributed by atoms with Crippen LogP contribution in [0.4, 0.5) is 4.39 Å². The normalized spacial score (nSPS) is 8.67. The van der Waals surface area contributed by atoms with Gasteiger partial charge in [-0.25, -0.2) is 4.39 Å². The summed E-state index contributed by atoms with van der Waals surface area (Å²) in [6, 6.07) is 4.29. The summed E-state index contributed by atoms with van der Waals surface area (Å²) in [4.78, 5) is 2.53. The Balaban J connectivity index is 2.82. The van der Waals surface area contributed by atoms with Crippen molar-refractivity contribution in [2.45, 2.75) is 6.61 Å². The molecule has 4 nitrogen and oxygen atoms in total. The molecule has 0 aromatic heterocycles. The molecule has 0 spiro atoms. The van der Waals surface area contributed by atoms with Gasteiger partial charge in [0.2, 0.25) is 0 Å². The third-order valence-electron chi connectivity index (χ3n) is 1.67. The molecular formula is C10H8FN3O. The largest absolute Gasteiger partial charge is 0.392 e. The number of hydrogen-bond donors (Lipinski definition) is 1. The summed E-state index contributed by atoms with van der Waals surface area (Å²) in [7, 11) is 0. The van der Waals surface area contributed by atoms with Gasteiger partial charge >= 0.3 is 0 Å². The molecule has 0 saturated carbocycles. The summed E-state index contributed by atoms with van der Waals surface area (Å²) in [6.45, 7) is -0.280. The van der Waals surface area contributed by atoms with Crippen LogP contribution in [0.5, 0.6) is 0 Å². The van der Waals surface area contributed by atoms with E-state index in [4.69, 9.17) is 10.6 Å². The number of halogens is 1. The Bertz CT molecular complexity index is 455. The predicted molar refractivity (Wildman–Crippen MR) is 53.2 cm³/mol. The standard InChI is InChI=1S/C10H8FN3O/c11-10-6-8(2-1-5-13-14-12)3-4-9(10)7-15/h3-4,6,15H,5,7H2. The zero-order valence-corrected chi connectivity index (χ0v) is 7.81. The fraction of sp³-hybridized carbons (Fsp3) is 0.200. The number of hydrogen-bond acceptors (Lipinski definition) is 2. The average Bonchev–Trinajstić information content (AvgIpc) is 2.25. The first-order valence-corrected chi connectivity index (χ1v) is 4.17. The van der Waals surface area contributed by atoms with Crippen LogP contribution in [0, 0.1) is 17.7 Å². The molecule has 0 aliphatic carbocycles. The van der Waals surface area contributed by atoms with E-state index in [0.29, 0.717) is 5.56 Å². The van der Waals surface area contributed by atoms with Crippen molar-refractivity contribution < 1.29 is 9.50 Å². The van der Waals surface area contributed by atoms with Crippen LogP contribution in [0.1, 0.15) is 11.1 Å². The molecule has 1 N–H and O–H groups in total. The molecule has 0 amide bonds. The molecule has 5 heteroatoms. The van der Waals surface area contributed by atoms with Crippen molar-refractivity contribution >= 4 is 0 Å². The van der Waals surface area contributed by atoms with E-state index in [-0.39, 0.29) is 18.7 Å². The second-order valence-corrected chi connectivity index (χ2v) is 2.66. The van der Waals surface area contributed by atoms with Crippen molar-refractivity contribution in [3.05, 3.63) is 45.6 Å². The molecule has 0 radical (unpaired) electrons. The molecule has 1 aromatic rings. The van der Waals surface area contributed by atoms with E-state index >= 15 is 0 Å². The number of aliphatic hydroxyl groups excluding tert-OH is 1. The number of benzene rings is 1. The SMILES string of the molecule is [N-]=[N+]=NCC#Cc1ccc(CO)c(F)c1. The maximum Gasteiger partial charge on any atom is 0.129 e. The van der Waals surface area contributed by atoms with Gasteiger partial charge in [0.1, 0.15) is 5.82 Å². The van der Waals surface area contributed by atoms with Crippen LogP contribution < -0.4 is 0 Å². The van der Waals surface area contributed by atoms with E-state index in [0.717, 1.165) is 0 Å². The second kappa shape index (κ2) is 5.66. The fourth-order valence-corrected chi connectivity index (χ4v) is 0.962. The fourth-order valence-electron chi connectivity index (χ4n) is 0.962. The van der Waals surface area contributed by atoms with Gasteiger partial charge in [-0.05, 0) is 17.7 Å². The minimum Gasteiger partial charge on any atom is -0.392 e. The Hall–Kier alpha value is -2.02. The number of nitrogens with zero attached hydrogens (tertiary/aromatic N) is 3. The number of rotatable bonds is 2. The van der Waals surface area contributed by atoms with Crippen LogP contribution in [0.3, 0.4) is 0 Å². The molecule has 0 saturated heterocycles. The van der Waals surface area contributed by atoms with E-state index in [1.807, 2.05) is 0 Å². The Kier molecular flexibility index (Phi) is 4.17. The molecule has 0 unspecified atom stereocenters. The zero-order valence-electron chi connectivity index (χ0n) is 7.81. The van der Waals surface area contributed by atoms with Gasteiger partial charge in [-0.3, -0.25) is 0 Å². The summed E-state index contributed by atoms with van der Waals surface area (Å²) < 4.78 is 13.1. The molecular weight excluding hydrogens is 197 g/mol. The second-order valence-electron chi connectivity index (χ2n) is 2.66. The van der Waals surface area contributed by atoms with Crippen LogP contribution >= 0.6 is 0 Å². The minimum absolute atomic E-state index is 0.0554. The van der Waals surface area contributed by atoms with Gasteiger partial charge in [0.05, 0.1) is 13.2 Å². The van der Waals surface area contributed by atoms with Crippen molar-refractivity contribution in [1.29, 1.82) is 0 Å². The molecule has 1 rings (SSSR count). The van der Waals surface area contributed by atoms with E-state index in [1.54, 1.807) is 6.07 Å². The Morgan fingerprint density at radius 3 is 2.93 bits per heavy atom. The van der Waals surface area contributed by atoms with Gasteiger partial charge in [0.15, 0.2) is 0 Å². The summed E-state index contributed by atoms with van der Waals surface area (Å²) in [5, 5.41) is 11.9. The Morgan fingerprint density at radius 1 is 1.53 bits per heavy atom. The van der Waals surface area contributed by atoms with Crippen molar-refractivity contribution in [3.63, 3.8) is 0 Å². The van der Waals surface area contributed by atoms with Gasteiger partial charge in [0.25, 0.3) is 0 Å². The van der Waals surface area contributed by atoms with Crippen LogP contribution in [-0.2, 0) is 6.61 Å². The van der Waals surface area contributed by atoms with Crippen molar-refractivity contribution in [3.8, 4) is 11.8 Å². The van der Waals surface area contributed by atoms with E-state index in [1.165, 1.54) is 12.1 Å². The highest BCUT2D eigenvalue weighted by molar-refractivity contribution is 5.37. The predicted octanol–water partition coefficient (Wildman–Crippen LogP) is 1.98. The molecule has 1 aromatic carbocycles. The van der Waals surface area contributed by atoms with Gasteiger partial charge in [-0.2, -0.15) is 0 Å². The third kappa shape index (κ3) is 3.31. The van der Waals surface area contributed by atoms with Crippen molar-refractivity contribution in [1.82, 2.24) is 0 Å². The van der Waals surface area contributed by atoms with Gasteiger partial charge in [-0.1, -0.05) is 23.0 Å². The quantitative estimate of drug-likeness (QED) is 0.341. The van der Waals surface area contributed by atoms with E-state index in [9.17, 15) is 4.39 Å². The van der Waals surface area contributed by atoms with Crippen LogP contribution in [-0.4, -0.2) is 11.7 Å². The highest BCUT2D eigenvalue weighted by atomic mass is 19.1. The van der Waals surface area contributed by atoms with Gasteiger partial charge in [-0.15, -0.1) is 0 Å². The lowest BCUT2D eigenvalue weighted by Crippen LogP contribution is -1.90. The lowest BCUT2D eigenvalue weighted by molar-refractivity contribution is 0.275. The maximum absolute atomic E-state index is 13.1. The van der Waals surface area contributed by atoms with Gasteiger partial charge in [0, 0.05) is 16.0 Å². The summed E-state index contributed by atoms with van der Waals surface area (Å²) in [5.41, 5.74) is 8.69. The highest BCUT2D eigenvalue weighted by Gasteiger charge is 1.99. The zero-order chi connectivity index (χ0) is 11.1. The Morgan fingerprint density at radius 2 is 2.33 bits per heavy atom. The van der Waals surface area contributed by atoms with Crippen molar-refractivity contribution in [2.24, 2.45) is 5.11 Å². The molecule has 0 heterocycles. The molecule has 76 valence electrons. The van der Waals surface area contributed by atoms with Crippen LogP contribution in [0.25, 0.3) is 10.4 Å². The minimum atomic E-state index is -0.493. The first kappa shape index (κ1) is 11.1. The number of azide groups is 1. The lowest BCUT2D eigenvalue weighted by Gasteiger charge is -1.98. The van der Waals surface area contributed by atoms with Crippen LogP contribution in [0.2, 0.25) is 0 Å². The summed E-state index contributed by atoms with van der Waals surface area (Å²) in [5.74, 6) is 4.71. The monoisotopic (exact) mass is 205 g/mol. The van der Waals surface area contributed by atoms with Gasteiger partial charge < -0.3 is 5.11 Å². The van der Waals surface area contributed by atoms with Crippen LogP contribution in [0.15, 0.2) is 23.3 Å². The third-order valence-corrected chi connectivity index (χ3v) is 1.67. The first-order valence-electron chi connectivity index (χ1n) is 4.17. The molecule has 15 heavy (non-hydrogen) atoms. The van der Waals surface area contributed by atoms with E-state index in [2.05, 4.69) is 21.9 Å². The Labute approximate surface area is 86.0 Å². The molecule has 0 fully saturated rings. The summed E-state index contributed by atoms with van der Waals surface area (Å²) >= 11 is 0. The highest BCUT2D eigenvalue weighted by Crippen LogP contribution is 2.09. The van der Waals surface area contributed by atoms with E-state index < -0.39 is 5.82 Å². The topological polar surface area (TPSA) is 69.0 Å². The molecule has 0 bridgehead atoms. The maximum atomic E-state index is 13.1.